The number of esters is 1. The van der Waals surface area contributed by atoms with Gasteiger partial charge in [-0.05, 0) is 39.2 Å². The zero-order valence-corrected chi connectivity index (χ0v) is 20.2. The van der Waals surface area contributed by atoms with Crippen LogP contribution in [-0.2, 0) is 38.6 Å². The van der Waals surface area contributed by atoms with Crippen LogP contribution in [0.15, 0.2) is 35.7 Å². The Morgan fingerprint density at radius 3 is 2.70 bits per heavy atom. The van der Waals surface area contributed by atoms with Crippen molar-refractivity contribution in [3.63, 3.8) is 0 Å². The zero-order valence-electron chi connectivity index (χ0n) is 19.3. The number of hydrogen-bond donors (Lipinski definition) is 1. The summed E-state index contributed by atoms with van der Waals surface area (Å²) in [5.74, 6) is -0.840. The van der Waals surface area contributed by atoms with Gasteiger partial charge in [-0.25, -0.2) is 9.78 Å². The number of ether oxygens (including phenoxy) is 2. The quantitative estimate of drug-likeness (QED) is 0.616. The monoisotopic (exact) mass is 473 g/mol. The number of amides is 2. The number of benzene rings is 1. The maximum atomic E-state index is 12.5. The van der Waals surface area contributed by atoms with E-state index in [1.807, 2.05) is 51.1 Å². The van der Waals surface area contributed by atoms with Crippen molar-refractivity contribution in [3.05, 3.63) is 52.0 Å². The Hall–Kier alpha value is -2.94. The molecule has 1 aliphatic rings. The lowest BCUT2D eigenvalue weighted by Gasteiger charge is -2.33. The molecule has 1 unspecified atom stereocenters. The Kier molecular flexibility index (Phi) is 8.43. The molecular weight excluding hydrogens is 442 g/mol. The van der Waals surface area contributed by atoms with Crippen LogP contribution in [-0.4, -0.2) is 46.5 Å². The van der Waals surface area contributed by atoms with E-state index in [2.05, 4.69) is 10.3 Å². The Morgan fingerprint density at radius 1 is 1.21 bits per heavy atom. The van der Waals surface area contributed by atoms with Crippen LogP contribution < -0.4 is 5.32 Å². The molecule has 33 heavy (non-hydrogen) atoms. The van der Waals surface area contributed by atoms with Gasteiger partial charge in [0.05, 0.1) is 18.0 Å². The largest absolute Gasteiger partial charge is 0.459 e. The zero-order chi connectivity index (χ0) is 23.8. The molecule has 9 heteroatoms. The van der Waals surface area contributed by atoms with Gasteiger partial charge in [0.1, 0.15) is 17.2 Å². The molecule has 2 aromatic rings. The van der Waals surface area contributed by atoms with E-state index < -0.39 is 11.7 Å². The van der Waals surface area contributed by atoms with Crippen molar-refractivity contribution in [3.8, 4) is 0 Å². The average molecular weight is 474 g/mol. The van der Waals surface area contributed by atoms with E-state index >= 15 is 0 Å². The second-order valence-electron chi connectivity index (χ2n) is 9.04. The number of carbonyl (C=O) groups is 3. The highest BCUT2D eigenvalue weighted by atomic mass is 32.1. The number of nitrogens with zero attached hydrogens (tertiary/aromatic N) is 2. The van der Waals surface area contributed by atoms with Crippen LogP contribution in [0.4, 0.5) is 4.79 Å². The molecule has 1 aliphatic heterocycles. The molecule has 2 heterocycles. The number of piperidine rings is 1. The van der Waals surface area contributed by atoms with Crippen molar-refractivity contribution in [2.24, 2.45) is 5.92 Å². The molecule has 1 fully saturated rings. The number of hydrogen-bond acceptors (Lipinski definition) is 7. The molecule has 1 saturated heterocycles. The van der Waals surface area contributed by atoms with Gasteiger partial charge < -0.3 is 19.7 Å². The molecule has 0 spiro atoms. The lowest BCUT2D eigenvalue weighted by molar-refractivity contribution is -0.151. The van der Waals surface area contributed by atoms with Gasteiger partial charge in [-0.15, -0.1) is 11.3 Å². The lowest BCUT2D eigenvalue weighted by Crippen LogP contribution is -2.45. The highest BCUT2D eigenvalue weighted by molar-refractivity contribution is 7.09. The summed E-state index contributed by atoms with van der Waals surface area (Å²) in [7, 11) is 0. The van der Waals surface area contributed by atoms with Crippen molar-refractivity contribution >= 4 is 29.3 Å². The molecule has 2 amide bonds. The van der Waals surface area contributed by atoms with Gasteiger partial charge in [0, 0.05) is 25.0 Å². The van der Waals surface area contributed by atoms with E-state index in [1.54, 1.807) is 10.3 Å². The molecule has 1 aromatic heterocycles. The van der Waals surface area contributed by atoms with Crippen molar-refractivity contribution < 1.29 is 23.9 Å². The van der Waals surface area contributed by atoms with Gasteiger partial charge >= 0.3 is 12.1 Å². The van der Waals surface area contributed by atoms with E-state index in [9.17, 15) is 14.4 Å². The molecule has 178 valence electrons. The second kappa shape index (κ2) is 11.3. The molecule has 0 saturated carbocycles. The van der Waals surface area contributed by atoms with Crippen molar-refractivity contribution in [1.29, 1.82) is 0 Å². The predicted molar refractivity (Wildman–Crippen MR) is 124 cm³/mol. The van der Waals surface area contributed by atoms with Gasteiger partial charge in [0.25, 0.3) is 0 Å². The molecule has 1 atom stereocenters. The van der Waals surface area contributed by atoms with E-state index in [0.717, 1.165) is 12.0 Å². The lowest BCUT2D eigenvalue weighted by atomic mass is 9.98. The summed E-state index contributed by atoms with van der Waals surface area (Å²) in [4.78, 5) is 43.0. The molecule has 0 bridgehead atoms. The van der Waals surface area contributed by atoms with Crippen LogP contribution in [0.3, 0.4) is 0 Å². The summed E-state index contributed by atoms with van der Waals surface area (Å²) in [5, 5.41) is 5.34. The number of likely N-dealkylation sites (tertiary alicyclic amines) is 1. The number of aromatic nitrogens is 1. The normalized spacial score (nSPS) is 16.2. The highest BCUT2D eigenvalue weighted by Crippen LogP contribution is 2.21. The summed E-state index contributed by atoms with van der Waals surface area (Å²) in [6.45, 7) is 6.82. The van der Waals surface area contributed by atoms with E-state index in [1.165, 1.54) is 11.3 Å². The van der Waals surface area contributed by atoms with Crippen LogP contribution in [0.25, 0.3) is 0 Å². The first-order valence-electron chi connectivity index (χ1n) is 11.1. The van der Waals surface area contributed by atoms with Gasteiger partial charge in [-0.1, -0.05) is 30.3 Å². The van der Waals surface area contributed by atoms with Gasteiger partial charge in [-0.3, -0.25) is 9.59 Å². The molecule has 8 nitrogen and oxygen atoms in total. The standard InChI is InChI=1S/C24H31N3O5S/c1-24(2,3)32-23(30)27-11-7-10-18(14-27)22(29)31-15-19-16-33-21(26-19)12-20(28)25-13-17-8-5-4-6-9-17/h4-6,8-9,16,18H,7,10-15H2,1-3H3,(H,25,28). The first kappa shape index (κ1) is 24.7. The summed E-state index contributed by atoms with van der Waals surface area (Å²) < 4.78 is 10.9. The Balaban J connectivity index is 1.42. The summed E-state index contributed by atoms with van der Waals surface area (Å²) >= 11 is 1.36. The first-order chi connectivity index (χ1) is 15.7. The van der Waals surface area contributed by atoms with Gasteiger partial charge in [-0.2, -0.15) is 0 Å². The minimum absolute atomic E-state index is 0.0455. The molecule has 1 aromatic carbocycles. The second-order valence-corrected chi connectivity index (χ2v) is 9.99. The molecule has 3 rings (SSSR count). The molecule has 0 aliphatic carbocycles. The fourth-order valence-electron chi connectivity index (χ4n) is 3.42. The fourth-order valence-corrected chi connectivity index (χ4v) is 4.19. The third-order valence-corrected chi connectivity index (χ3v) is 5.91. The van der Waals surface area contributed by atoms with E-state index in [0.29, 0.717) is 30.2 Å². The van der Waals surface area contributed by atoms with Crippen LogP contribution in [0.1, 0.15) is 49.9 Å². The minimum Gasteiger partial charge on any atom is -0.459 e. The maximum Gasteiger partial charge on any atom is 0.410 e. The van der Waals surface area contributed by atoms with Crippen molar-refractivity contribution in [2.45, 2.75) is 58.8 Å². The number of nitrogens with one attached hydrogen (secondary N) is 1. The summed E-state index contributed by atoms with van der Waals surface area (Å²) in [6, 6.07) is 9.70. The van der Waals surface area contributed by atoms with Crippen LogP contribution in [0, 0.1) is 5.92 Å². The summed E-state index contributed by atoms with van der Waals surface area (Å²) in [6.07, 6.45) is 1.16. The summed E-state index contributed by atoms with van der Waals surface area (Å²) in [5.41, 5.74) is 1.07. The van der Waals surface area contributed by atoms with Crippen LogP contribution in [0.2, 0.25) is 0 Å². The molecule has 0 radical (unpaired) electrons. The number of thiazole rings is 1. The molecule has 1 N–H and O–H groups in total. The first-order valence-corrected chi connectivity index (χ1v) is 12.0. The SMILES string of the molecule is CC(C)(C)OC(=O)N1CCCC(C(=O)OCc2csc(CC(=O)NCc3ccccc3)n2)C1. The van der Waals surface area contributed by atoms with Crippen LogP contribution in [0.5, 0.6) is 0 Å². The number of carbonyl (C=O) groups excluding carboxylic acids is 3. The maximum absolute atomic E-state index is 12.5. The fraction of sp³-hybridized carbons (Fsp3) is 0.500. The van der Waals surface area contributed by atoms with Crippen molar-refractivity contribution in [1.82, 2.24) is 15.2 Å². The third-order valence-electron chi connectivity index (χ3n) is 5.01. The number of rotatable bonds is 7. The predicted octanol–water partition coefficient (Wildman–Crippen LogP) is 3.69. The highest BCUT2D eigenvalue weighted by Gasteiger charge is 2.32. The minimum atomic E-state index is -0.578. The smallest absolute Gasteiger partial charge is 0.410 e. The van der Waals surface area contributed by atoms with E-state index in [-0.39, 0.29) is 37.4 Å². The van der Waals surface area contributed by atoms with Crippen molar-refractivity contribution in [2.75, 3.05) is 13.1 Å². The Bertz CT molecular complexity index is 955. The molecular formula is C24H31N3O5S. The Labute approximate surface area is 198 Å². The van der Waals surface area contributed by atoms with Crippen LogP contribution >= 0.6 is 11.3 Å². The van der Waals surface area contributed by atoms with E-state index in [4.69, 9.17) is 9.47 Å². The Morgan fingerprint density at radius 2 is 1.97 bits per heavy atom. The third kappa shape index (κ3) is 8.16. The van der Waals surface area contributed by atoms with Gasteiger partial charge in [0.15, 0.2) is 0 Å². The topological polar surface area (TPSA) is 97.8 Å². The average Bonchev–Trinajstić information content (AvgIpc) is 3.23. The van der Waals surface area contributed by atoms with Gasteiger partial charge in [0.2, 0.25) is 5.91 Å².